The van der Waals surface area contributed by atoms with Crippen molar-refractivity contribution in [3.8, 4) is 0 Å². The summed E-state index contributed by atoms with van der Waals surface area (Å²) >= 11 is 0. The Kier molecular flexibility index (Phi) is 8.23. The van der Waals surface area contributed by atoms with Crippen LogP contribution in [0, 0.1) is 5.82 Å². The lowest BCUT2D eigenvalue weighted by Crippen LogP contribution is -2.42. The summed E-state index contributed by atoms with van der Waals surface area (Å²) in [5, 5.41) is 10.6. The van der Waals surface area contributed by atoms with Crippen molar-refractivity contribution in [2.75, 3.05) is 26.0 Å². The molecule has 9 heteroatoms. The molecule has 1 N–H and O–H groups in total. The number of halogens is 1. The van der Waals surface area contributed by atoms with Crippen LogP contribution in [-0.4, -0.2) is 59.8 Å². The topological polar surface area (TPSA) is 90.3 Å². The molecule has 2 aromatic rings. The van der Waals surface area contributed by atoms with Crippen molar-refractivity contribution in [1.82, 2.24) is 14.8 Å². The number of nitrogens with one attached hydrogen (secondary N) is 1. The van der Waals surface area contributed by atoms with Crippen molar-refractivity contribution >= 4 is 30.2 Å². The fourth-order valence-electron chi connectivity index (χ4n) is 3.47. The van der Waals surface area contributed by atoms with Gasteiger partial charge in [-0.05, 0) is 54.7 Å². The highest BCUT2D eigenvalue weighted by molar-refractivity contribution is 6.04. The van der Waals surface area contributed by atoms with Gasteiger partial charge in [0.1, 0.15) is 11.6 Å². The number of fused-ring (bicyclic) bond motifs is 1. The lowest BCUT2D eigenvalue weighted by Gasteiger charge is -2.31. The number of unbranched alkanes of at least 4 members (excludes halogenated alkanes) is 2. The van der Waals surface area contributed by atoms with E-state index in [4.69, 9.17) is 0 Å². The van der Waals surface area contributed by atoms with Crippen molar-refractivity contribution in [2.24, 2.45) is 10.2 Å². The number of carbonyl (C=O) groups is 2. The zero-order valence-corrected chi connectivity index (χ0v) is 19.2. The largest absolute Gasteiger partial charge is 0.331 e. The summed E-state index contributed by atoms with van der Waals surface area (Å²) in [5.41, 5.74) is 2.00. The molecule has 1 aromatic carbocycles. The third kappa shape index (κ3) is 6.44. The summed E-state index contributed by atoms with van der Waals surface area (Å²) in [6.45, 7) is 2.95. The van der Waals surface area contributed by atoms with Crippen molar-refractivity contribution in [1.29, 1.82) is 0 Å². The summed E-state index contributed by atoms with van der Waals surface area (Å²) in [4.78, 5) is 32.5. The van der Waals surface area contributed by atoms with Gasteiger partial charge < -0.3 is 15.1 Å². The second-order valence-electron chi connectivity index (χ2n) is 8.04. The van der Waals surface area contributed by atoms with Crippen LogP contribution >= 0.6 is 0 Å². The van der Waals surface area contributed by atoms with Crippen LogP contribution in [0.4, 0.5) is 15.0 Å². The van der Waals surface area contributed by atoms with Gasteiger partial charge in [-0.3, -0.25) is 4.79 Å². The number of pyridine rings is 1. The molecule has 0 atom stereocenters. The number of hydrogen-bond acceptors (Lipinski definition) is 5. The third-order valence-electron chi connectivity index (χ3n) is 5.24. The van der Waals surface area contributed by atoms with Crippen molar-refractivity contribution in [2.45, 2.75) is 39.2 Å². The van der Waals surface area contributed by atoms with E-state index in [1.54, 1.807) is 43.4 Å². The first kappa shape index (κ1) is 24.0. The highest BCUT2D eigenvalue weighted by Gasteiger charge is 2.25. The van der Waals surface area contributed by atoms with E-state index in [0.29, 0.717) is 25.2 Å². The lowest BCUT2D eigenvalue weighted by molar-refractivity contribution is 0.102. The number of aromatic nitrogens is 1. The highest BCUT2D eigenvalue weighted by atomic mass is 19.1. The predicted molar refractivity (Wildman–Crippen MR) is 127 cm³/mol. The summed E-state index contributed by atoms with van der Waals surface area (Å²) in [5.74, 6) is -0.927. The van der Waals surface area contributed by atoms with E-state index in [1.807, 2.05) is 0 Å². The zero-order valence-electron chi connectivity index (χ0n) is 19.2. The van der Waals surface area contributed by atoms with Gasteiger partial charge in [0.25, 0.3) is 5.91 Å². The van der Waals surface area contributed by atoms with Gasteiger partial charge in [0.05, 0.1) is 17.5 Å². The smallest absolute Gasteiger partial charge is 0.319 e. The molecule has 0 bridgehead atoms. The molecule has 0 saturated heterocycles. The van der Waals surface area contributed by atoms with Crippen LogP contribution in [0.25, 0.3) is 0 Å². The Morgan fingerprint density at radius 1 is 1.24 bits per heavy atom. The Hall–Kier alpha value is -3.62. The van der Waals surface area contributed by atoms with Gasteiger partial charge in [-0.2, -0.15) is 10.2 Å². The molecule has 8 nitrogen and oxygen atoms in total. The maximum atomic E-state index is 14.7. The summed E-state index contributed by atoms with van der Waals surface area (Å²) in [7, 11) is 3.37. The number of nitrogens with zero attached hydrogens (tertiary/aromatic N) is 5. The molecule has 0 unspecified atom stereocenters. The molecule has 3 rings (SSSR count). The van der Waals surface area contributed by atoms with Crippen LogP contribution in [0.2, 0.25) is 0 Å². The number of anilines is 1. The molecule has 3 amide bonds. The van der Waals surface area contributed by atoms with Crippen LogP contribution in [0.15, 0.2) is 40.5 Å². The van der Waals surface area contributed by atoms with E-state index < -0.39 is 11.7 Å². The number of rotatable bonds is 7. The van der Waals surface area contributed by atoms with Crippen LogP contribution in [0.5, 0.6) is 0 Å². The van der Waals surface area contributed by atoms with E-state index in [-0.39, 0.29) is 17.4 Å². The normalized spacial score (nSPS) is 13.4. The van der Waals surface area contributed by atoms with Crippen LogP contribution in [0.1, 0.15) is 53.4 Å². The van der Waals surface area contributed by atoms with Crippen LogP contribution < -0.4 is 5.32 Å². The number of hydrogen-bond donors (Lipinski definition) is 1. The molecule has 0 radical (unpaired) electrons. The SMILES string of the molecule is CCCC/C=N/N=C/c1cccc(NC(=O)c2cc3c(cc2F)CCN(C(=O)N(C)C)C3)n1. The molecule has 0 saturated carbocycles. The Balaban J connectivity index is 1.71. The van der Waals surface area contributed by atoms with E-state index in [2.05, 4.69) is 27.4 Å². The third-order valence-corrected chi connectivity index (χ3v) is 5.24. The Morgan fingerprint density at radius 3 is 2.82 bits per heavy atom. The monoisotopic (exact) mass is 452 g/mol. The van der Waals surface area contributed by atoms with Gasteiger partial charge in [0, 0.05) is 33.4 Å². The molecule has 0 fully saturated rings. The predicted octanol–water partition coefficient (Wildman–Crippen LogP) is 4.11. The fraction of sp³-hybridized carbons (Fsp3) is 0.375. The second kappa shape index (κ2) is 11.3. The first-order valence-corrected chi connectivity index (χ1v) is 11.0. The Bertz CT molecular complexity index is 1070. The average Bonchev–Trinajstić information content (AvgIpc) is 2.80. The molecule has 0 aliphatic carbocycles. The van der Waals surface area contributed by atoms with Gasteiger partial charge >= 0.3 is 6.03 Å². The first-order chi connectivity index (χ1) is 15.9. The summed E-state index contributed by atoms with van der Waals surface area (Å²) in [6, 6.07) is 7.86. The van der Waals surface area contributed by atoms with E-state index in [9.17, 15) is 14.0 Å². The van der Waals surface area contributed by atoms with Crippen LogP contribution in [0.3, 0.4) is 0 Å². The minimum absolute atomic E-state index is 0.0886. The molecule has 1 aliphatic heterocycles. The minimum atomic E-state index is -0.606. The van der Waals surface area contributed by atoms with Crippen molar-refractivity contribution < 1.29 is 14.0 Å². The molecule has 174 valence electrons. The van der Waals surface area contributed by atoms with Gasteiger partial charge in [0.15, 0.2) is 0 Å². The standard InChI is InChI=1S/C24H29FN6O2/c1-4-5-6-11-26-27-15-19-8-7-9-22(28-19)29-23(32)20-13-18-16-31(24(33)30(2)3)12-10-17(18)14-21(20)25/h7-9,11,13-15H,4-6,10,12,16H2,1-3H3,(H,28,29,32)/b26-11+,27-15+. The molecule has 33 heavy (non-hydrogen) atoms. The fourth-order valence-corrected chi connectivity index (χ4v) is 3.47. The molecule has 0 spiro atoms. The molecular formula is C24H29FN6O2. The minimum Gasteiger partial charge on any atom is -0.331 e. The van der Waals surface area contributed by atoms with Crippen LogP contribution in [-0.2, 0) is 13.0 Å². The maximum Gasteiger partial charge on any atom is 0.319 e. The molecule has 1 aliphatic rings. The van der Waals surface area contributed by atoms with Crippen molar-refractivity contribution in [3.05, 3.63) is 58.5 Å². The second-order valence-corrected chi connectivity index (χ2v) is 8.04. The molecule has 1 aromatic heterocycles. The van der Waals surface area contributed by atoms with Gasteiger partial charge in [-0.15, -0.1) is 0 Å². The molecular weight excluding hydrogens is 423 g/mol. The lowest BCUT2D eigenvalue weighted by atomic mass is 9.96. The van der Waals surface area contributed by atoms with Gasteiger partial charge in [-0.1, -0.05) is 19.4 Å². The van der Waals surface area contributed by atoms with Gasteiger partial charge in [0.2, 0.25) is 0 Å². The number of benzene rings is 1. The number of carbonyl (C=O) groups excluding carboxylic acids is 2. The first-order valence-electron chi connectivity index (χ1n) is 11.0. The maximum absolute atomic E-state index is 14.7. The number of amides is 3. The average molecular weight is 453 g/mol. The van der Waals surface area contributed by atoms with Gasteiger partial charge in [-0.25, -0.2) is 14.2 Å². The van der Waals surface area contributed by atoms with E-state index >= 15 is 0 Å². The summed E-state index contributed by atoms with van der Waals surface area (Å²) in [6.07, 6.45) is 6.80. The Morgan fingerprint density at radius 2 is 2.06 bits per heavy atom. The van der Waals surface area contributed by atoms with E-state index in [0.717, 1.165) is 30.4 Å². The van der Waals surface area contributed by atoms with Crippen molar-refractivity contribution in [3.63, 3.8) is 0 Å². The zero-order chi connectivity index (χ0) is 23.8. The van der Waals surface area contributed by atoms with E-state index in [1.165, 1.54) is 23.2 Å². The molecule has 2 heterocycles. The Labute approximate surface area is 193 Å². The summed E-state index contributed by atoms with van der Waals surface area (Å²) < 4.78 is 14.7. The quantitative estimate of drug-likeness (QED) is 0.389. The highest BCUT2D eigenvalue weighted by Crippen LogP contribution is 2.24. The number of urea groups is 1.